The van der Waals surface area contributed by atoms with Crippen molar-refractivity contribution in [2.45, 2.75) is 0 Å². The smallest absolute Gasteiger partial charge is 0.182 e. The fourth-order valence-electron chi connectivity index (χ4n) is 1.31. The minimum Gasteiger partial charge on any atom is -0.396 e. The van der Waals surface area contributed by atoms with Gasteiger partial charge in [0.2, 0.25) is 0 Å². The van der Waals surface area contributed by atoms with E-state index in [2.05, 4.69) is 10.3 Å². The molecule has 3 nitrogen and oxygen atoms in total. The van der Waals surface area contributed by atoms with Gasteiger partial charge < -0.3 is 11.1 Å². The van der Waals surface area contributed by atoms with Crippen molar-refractivity contribution in [2.24, 2.45) is 0 Å². The van der Waals surface area contributed by atoms with Crippen LogP contribution in [0, 0.1) is 17.5 Å². The van der Waals surface area contributed by atoms with Crippen molar-refractivity contribution in [1.82, 2.24) is 4.98 Å². The maximum absolute atomic E-state index is 13.3. The Hall–Kier alpha value is -2.24. The second-order valence-corrected chi connectivity index (χ2v) is 3.34. The van der Waals surface area contributed by atoms with Crippen molar-refractivity contribution in [2.75, 3.05) is 11.1 Å². The third-order valence-corrected chi connectivity index (χ3v) is 2.11. The van der Waals surface area contributed by atoms with E-state index in [0.29, 0.717) is 11.8 Å². The molecule has 2 aromatic rings. The third kappa shape index (κ3) is 2.30. The van der Waals surface area contributed by atoms with Gasteiger partial charge in [0, 0.05) is 18.3 Å². The van der Waals surface area contributed by atoms with Gasteiger partial charge in [-0.25, -0.2) is 13.2 Å². The molecule has 0 radical (unpaired) electrons. The van der Waals surface area contributed by atoms with Crippen LogP contribution >= 0.6 is 0 Å². The summed E-state index contributed by atoms with van der Waals surface area (Å²) in [4.78, 5) is 3.74. The Balaban J connectivity index is 2.40. The molecule has 0 aliphatic heterocycles. The van der Waals surface area contributed by atoms with Crippen molar-refractivity contribution in [3.8, 4) is 0 Å². The number of halogens is 3. The lowest BCUT2D eigenvalue weighted by molar-refractivity contribution is 0.498. The topological polar surface area (TPSA) is 50.9 Å². The largest absolute Gasteiger partial charge is 0.396 e. The van der Waals surface area contributed by atoms with Crippen LogP contribution in [-0.4, -0.2) is 4.98 Å². The molecule has 0 bridgehead atoms. The maximum Gasteiger partial charge on any atom is 0.182 e. The zero-order valence-electron chi connectivity index (χ0n) is 8.55. The van der Waals surface area contributed by atoms with Crippen LogP contribution in [0.4, 0.5) is 30.2 Å². The molecular formula is C11H8F3N3. The summed E-state index contributed by atoms with van der Waals surface area (Å²) >= 11 is 0. The first-order valence-electron chi connectivity index (χ1n) is 4.69. The van der Waals surface area contributed by atoms with E-state index in [-0.39, 0.29) is 11.4 Å². The van der Waals surface area contributed by atoms with Crippen molar-refractivity contribution in [3.63, 3.8) is 0 Å². The minimum atomic E-state index is -1.26. The molecule has 6 heteroatoms. The standard InChI is InChI=1S/C11H8F3N3/c12-6-3-7(13)11(14)10(4-6)17-9-1-2-16-5-8(9)15/h1-5H,15H2,(H,16,17). The number of pyridine rings is 1. The predicted octanol–water partition coefficient (Wildman–Crippen LogP) is 2.82. The fraction of sp³-hybridized carbons (Fsp3) is 0. The second kappa shape index (κ2) is 4.32. The summed E-state index contributed by atoms with van der Waals surface area (Å²) in [6.07, 6.45) is 2.77. The molecule has 0 aliphatic rings. The Morgan fingerprint density at radius 3 is 2.59 bits per heavy atom. The van der Waals surface area contributed by atoms with Crippen LogP contribution in [0.2, 0.25) is 0 Å². The number of nitrogen functional groups attached to an aromatic ring is 1. The number of rotatable bonds is 2. The van der Waals surface area contributed by atoms with E-state index in [0.717, 1.165) is 6.07 Å². The van der Waals surface area contributed by atoms with Crippen molar-refractivity contribution in [1.29, 1.82) is 0 Å². The first-order chi connectivity index (χ1) is 8.08. The first-order valence-corrected chi connectivity index (χ1v) is 4.69. The van der Waals surface area contributed by atoms with Gasteiger partial charge in [-0.05, 0) is 6.07 Å². The molecule has 88 valence electrons. The molecule has 1 aromatic heterocycles. The molecule has 0 spiro atoms. The molecule has 0 aliphatic carbocycles. The normalized spacial score (nSPS) is 10.3. The van der Waals surface area contributed by atoms with Gasteiger partial charge in [-0.15, -0.1) is 0 Å². The molecule has 2 rings (SSSR count). The summed E-state index contributed by atoms with van der Waals surface area (Å²) < 4.78 is 39.2. The Kier molecular flexibility index (Phi) is 2.86. The summed E-state index contributed by atoms with van der Waals surface area (Å²) in [5.74, 6) is -3.30. The number of nitrogens with one attached hydrogen (secondary N) is 1. The zero-order valence-corrected chi connectivity index (χ0v) is 8.55. The molecular weight excluding hydrogens is 231 g/mol. The Bertz CT molecular complexity index is 558. The highest BCUT2D eigenvalue weighted by molar-refractivity contribution is 5.71. The molecule has 3 N–H and O–H groups in total. The van der Waals surface area contributed by atoms with Crippen LogP contribution in [0.5, 0.6) is 0 Å². The summed E-state index contributed by atoms with van der Waals surface area (Å²) in [7, 11) is 0. The van der Waals surface area contributed by atoms with Crippen LogP contribution in [0.15, 0.2) is 30.6 Å². The molecule has 17 heavy (non-hydrogen) atoms. The van der Waals surface area contributed by atoms with E-state index in [9.17, 15) is 13.2 Å². The van der Waals surface area contributed by atoms with Crippen LogP contribution < -0.4 is 11.1 Å². The molecule has 0 amide bonds. The Morgan fingerprint density at radius 2 is 1.88 bits per heavy atom. The summed E-state index contributed by atoms with van der Waals surface area (Å²) in [6, 6.07) is 2.78. The van der Waals surface area contributed by atoms with Crippen molar-refractivity contribution >= 4 is 17.1 Å². The number of benzene rings is 1. The number of anilines is 3. The van der Waals surface area contributed by atoms with Crippen molar-refractivity contribution < 1.29 is 13.2 Å². The van der Waals surface area contributed by atoms with E-state index in [1.165, 1.54) is 18.5 Å². The molecule has 1 heterocycles. The minimum absolute atomic E-state index is 0.247. The first kappa shape index (κ1) is 11.3. The van der Waals surface area contributed by atoms with E-state index in [1.807, 2.05) is 0 Å². The van der Waals surface area contributed by atoms with Gasteiger partial charge in [0.15, 0.2) is 11.6 Å². The van der Waals surface area contributed by atoms with Gasteiger partial charge in [-0.3, -0.25) is 4.98 Å². The lowest BCUT2D eigenvalue weighted by atomic mass is 10.2. The quantitative estimate of drug-likeness (QED) is 0.792. The second-order valence-electron chi connectivity index (χ2n) is 3.34. The molecule has 0 saturated heterocycles. The highest BCUT2D eigenvalue weighted by atomic mass is 19.2. The van der Waals surface area contributed by atoms with E-state index in [1.54, 1.807) is 0 Å². The van der Waals surface area contributed by atoms with Gasteiger partial charge >= 0.3 is 0 Å². The molecule has 1 aromatic carbocycles. The van der Waals surface area contributed by atoms with Crippen LogP contribution in [0.3, 0.4) is 0 Å². The highest BCUT2D eigenvalue weighted by Gasteiger charge is 2.11. The molecule has 0 atom stereocenters. The van der Waals surface area contributed by atoms with Crippen LogP contribution in [0.25, 0.3) is 0 Å². The van der Waals surface area contributed by atoms with Gasteiger partial charge in [0.25, 0.3) is 0 Å². The maximum atomic E-state index is 13.3. The number of aromatic nitrogens is 1. The molecule has 0 unspecified atom stereocenters. The van der Waals surface area contributed by atoms with E-state index in [4.69, 9.17) is 5.73 Å². The summed E-state index contributed by atoms with van der Waals surface area (Å²) in [6.45, 7) is 0. The SMILES string of the molecule is Nc1cnccc1Nc1cc(F)cc(F)c1F. The predicted molar refractivity (Wildman–Crippen MR) is 58.2 cm³/mol. The van der Waals surface area contributed by atoms with Gasteiger partial charge in [-0.2, -0.15) is 0 Å². The summed E-state index contributed by atoms with van der Waals surface area (Å²) in [5.41, 5.74) is 5.81. The third-order valence-electron chi connectivity index (χ3n) is 2.11. The van der Waals surface area contributed by atoms with Crippen LogP contribution in [0.1, 0.15) is 0 Å². The molecule has 0 saturated carbocycles. The zero-order chi connectivity index (χ0) is 12.4. The fourth-order valence-corrected chi connectivity index (χ4v) is 1.31. The summed E-state index contributed by atoms with van der Waals surface area (Å²) in [5, 5.41) is 2.50. The average Bonchev–Trinajstić information content (AvgIpc) is 2.28. The monoisotopic (exact) mass is 239 g/mol. The lowest BCUT2D eigenvalue weighted by Gasteiger charge is -2.10. The lowest BCUT2D eigenvalue weighted by Crippen LogP contribution is -2.01. The molecule has 0 fully saturated rings. The highest BCUT2D eigenvalue weighted by Crippen LogP contribution is 2.25. The Labute approximate surface area is 95.1 Å². The van der Waals surface area contributed by atoms with Crippen molar-refractivity contribution in [3.05, 3.63) is 48.0 Å². The number of nitrogens with two attached hydrogens (primary N) is 1. The van der Waals surface area contributed by atoms with Gasteiger partial charge in [-0.1, -0.05) is 0 Å². The number of hydrogen-bond acceptors (Lipinski definition) is 3. The van der Waals surface area contributed by atoms with Gasteiger partial charge in [0.1, 0.15) is 5.82 Å². The van der Waals surface area contributed by atoms with Gasteiger partial charge in [0.05, 0.1) is 23.3 Å². The van der Waals surface area contributed by atoms with Crippen LogP contribution in [-0.2, 0) is 0 Å². The van der Waals surface area contributed by atoms with E-state index >= 15 is 0 Å². The Morgan fingerprint density at radius 1 is 1.12 bits per heavy atom. The number of nitrogens with zero attached hydrogens (tertiary/aromatic N) is 1. The van der Waals surface area contributed by atoms with E-state index < -0.39 is 17.5 Å². The average molecular weight is 239 g/mol. The number of hydrogen-bond donors (Lipinski definition) is 2.